The van der Waals surface area contributed by atoms with Gasteiger partial charge < -0.3 is 16.0 Å². The highest BCUT2D eigenvalue weighted by Crippen LogP contribution is 2.10. The molecule has 80 valence electrons. The Balaban J connectivity index is 3.17. The van der Waals surface area contributed by atoms with E-state index in [2.05, 4.69) is 5.16 Å². The van der Waals surface area contributed by atoms with Gasteiger partial charge in [-0.1, -0.05) is 29.4 Å². The first-order valence-corrected chi connectivity index (χ1v) is 4.44. The van der Waals surface area contributed by atoms with Gasteiger partial charge in [0.2, 0.25) is 0 Å². The number of oxime groups is 1. The van der Waals surface area contributed by atoms with E-state index < -0.39 is 5.97 Å². The van der Waals surface area contributed by atoms with Gasteiger partial charge >= 0.3 is 5.97 Å². The number of hydrogen-bond donors (Lipinski definition) is 3. The first-order valence-electron chi connectivity index (χ1n) is 4.44. The van der Waals surface area contributed by atoms with Crippen LogP contribution in [0, 0.1) is 0 Å². The summed E-state index contributed by atoms with van der Waals surface area (Å²) >= 11 is 0. The predicted octanol–water partition coefficient (Wildman–Crippen LogP) is 0.451. The lowest BCUT2D eigenvalue weighted by Crippen LogP contribution is -2.17. The lowest BCUT2D eigenvalue weighted by atomic mass is 10.0. The highest BCUT2D eigenvalue weighted by molar-refractivity contribution is 6.42. The third-order valence-corrected chi connectivity index (χ3v) is 1.99. The van der Waals surface area contributed by atoms with Crippen molar-refractivity contribution in [3.63, 3.8) is 0 Å². The second-order valence-corrected chi connectivity index (χ2v) is 2.95. The van der Waals surface area contributed by atoms with Crippen LogP contribution < -0.4 is 5.73 Å². The number of benzene rings is 1. The summed E-state index contributed by atoms with van der Waals surface area (Å²) in [5.41, 5.74) is 6.20. The number of rotatable bonds is 4. The molecule has 0 aliphatic heterocycles. The van der Waals surface area contributed by atoms with Crippen LogP contribution in [0.4, 0.5) is 0 Å². The molecule has 0 atom stereocenters. The van der Waals surface area contributed by atoms with E-state index in [1.54, 1.807) is 24.3 Å². The third kappa shape index (κ3) is 2.54. The summed E-state index contributed by atoms with van der Waals surface area (Å²) in [5.74, 6) is -1.26. The van der Waals surface area contributed by atoms with Crippen LogP contribution in [0.1, 0.15) is 11.1 Å². The summed E-state index contributed by atoms with van der Waals surface area (Å²) in [4.78, 5) is 10.8. The summed E-state index contributed by atoms with van der Waals surface area (Å²) in [5, 5.41) is 20.2. The Labute approximate surface area is 86.8 Å². The van der Waals surface area contributed by atoms with Crippen molar-refractivity contribution in [2.45, 2.75) is 6.42 Å². The first kappa shape index (κ1) is 11.2. The Morgan fingerprint density at radius 1 is 1.40 bits per heavy atom. The summed E-state index contributed by atoms with van der Waals surface area (Å²) in [6.07, 6.45) is 0.544. The molecule has 0 aromatic heterocycles. The number of nitrogens with zero attached hydrogens (tertiary/aromatic N) is 1. The monoisotopic (exact) mass is 208 g/mol. The van der Waals surface area contributed by atoms with Gasteiger partial charge in [0, 0.05) is 5.56 Å². The fourth-order valence-corrected chi connectivity index (χ4v) is 1.34. The molecule has 0 saturated heterocycles. The van der Waals surface area contributed by atoms with Crippen molar-refractivity contribution in [2.75, 3.05) is 6.54 Å². The molecule has 0 aliphatic rings. The van der Waals surface area contributed by atoms with Gasteiger partial charge in [-0.3, -0.25) is 0 Å². The van der Waals surface area contributed by atoms with Gasteiger partial charge in [0.25, 0.3) is 0 Å². The molecule has 15 heavy (non-hydrogen) atoms. The molecule has 5 heteroatoms. The van der Waals surface area contributed by atoms with Gasteiger partial charge in [0.15, 0.2) is 5.71 Å². The van der Waals surface area contributed by atoms with Gasteiger partial charge in [-0.2, -0.15) is 0 Å². The van der Waals surface area contributed by atoms with E-state index in [0.717, 1.165) is 5.56 Å². The smallest absolute Gasteiger partial charge is 0.358 e. The van der Waals surface area contributed by atoms with E-state index >= 15 is 0 Å². The van der Waals surface area contributed by atoms with E-state index in [0.29, 0.717) is 18.5 Å². The maximum absolute atomic E-state index is 10.8. The SMILES string of the molecule is NCCc1ccccc1/C(=N/O)C(=O)O. The average molecular weight is 208 g/mol. The van der Waals surface area contributed by atoms with Crippen LogP contribution in [0.3, 0.4) is 0 Å². The van der Waals surface area contributed by atoms with E-state index in [-0.39, 0.29) is 5.71 Å². The van der Waals surface area contributed by atoms with Gasteiger partial charge in [0.1, 0.15) is 0 Å². The summed E-state index contributed by atoms with van der Waals surface area (Å²) in [7, 11) is 0. The summed E-state index contributed by atoms with van der Waals surface area (Å²) < 4.78 is 0. The molecule has 1 aromatic rings. The lowest BCUT2D eigenvalue weighted by molar-refractivity contribution is -0.129. The van der Waals surface area contributed by atoms with Crippen molar-refractivity contribution in [1.82, 2.24) is 0 Å². The number of nitrogens with two attached hydrogens (primary N) is 1. The molecule has 0 unspecified atom stereocenters. The van der Waals surface area contributed by atoms with Crippen molar-refractivity contribution in [1.29, 1.82) is 0 Å². The molecular formula is C10H12N2O3. The summed E-state index contributed by atoms with van der Waals surface area (Å²) in [6.45, 7) is 0.412. The molecule has 1 rings (SSSR count). The molecule has 5 nitrogen and oxygen atoms in total. The molecule has 0 bridgehead atoms. The fourth-order valence-electron chi connectivity index (χ4n) is 1.34. The second-order valence-electron chi connectivity index (χ2n) is 2.95. The zero-order valence-corrected chi connectivity index (χ0v) is 8.05. The highest BCUT2D eigenvalue weighted by Gasteiger charge is 2.16. The lowest BCUT2D eigenvalue weighted by Gasteiger charge is -2.06. The zero-order valence-electron chi connectivity index (χ0n) is 8.05. The van der Waals surface area contributed by atoms with Crippen LogP contribution in [0.5, 0.6) is 0 Å². The zero-order chi connectivity index (χ0) is 11.3. The van der Waals surface area contributed by atoms with E-state index in [4.69, 9.17) is 16.0 Å². The van der Waals surface area contributed by atoms with Crippen LogP contribution in [0.15, 0.2) is 29.4 Å². The topological polar surface area (TPSA) is 95.9 Å². The standard InChI is InChI=1S/C10H12N2O3/c11-6-5-7-3-1-2-4-8(7)9(12-15)10(13)14/h1-4,15H,5-6,11H2,(H,13,14)/b12-9-. The maximum atomic E-state index is 10.8. The Hall–Kier alpha value is -1.88. The van der Waals surface area contributed by atoms with Crippen LogP contribution in [-0.4, -0.2) is 28.5 Å². The molecule has 0 fully saturated rings. The maximum Gasteiger partial charge on any atom is 0.358 e. The van der Waals surface area contributed by atoms with Gasteiger partial charge in [-0.25, -0.2) is 4.79 Å². The quantitative estimate of drug-likeness (QED) is 0.380. The van der Waals surface area contributed by atoms with Gasteiger partial charge in [-0.15, -0.1) is 0 Å². The molecule has 0 heterocycles. The molecular weight excluding hydrogens is 196 g/mol. The summed E-state index contributed by atoms with van der Waals surface area (Å²) in [6, 6.07) is 6.82. The van der Waals surface area contributed by atoms with Crippen molar-refractivity contribution >= 4 is 11.7 Å². The van der Waals surface area contributed by atoms with Crippen molar-refractivity contribution in [3.8, 4) is 0 Å². The van der Waals surface area contributed by atoms with Gasteiger partial charge in [0.05, 0.1) is 0 Å². The third-order valence-electron chi connectivity index (χ3n) is 1.99. The average Bonchev–Trinajstić information content (AvgIpc) is 2.21. The molecule has 0 amide bonds. The number of carboxylic acid groups (broad SMARTS) is 1. The molecule has 0 radical (unpaired) electrons. The Bertz CT molecular complexity index is 388. The van der Waals surface area contributed by atoms with Crippen molar-refractivity contribution in [2.24, 2.45) is 10.9 Å². The molecule has 4 N–H and O–H groups in total. The fraction of sp³-hybridized carbons (Fsp3) is 0.200. The van der Waals surface area contributed by atoms with Gasteiger partial charge in [-0.05, 0) is 18.5 Å². The molecule has 0 saturated carbocycles. The van der Waals surface area contributed by atoms with E-state index in [1.165, 1.54) is 0 Å². The molecule has 1 aromatic carbocycles. The minimum absolute atomic E-state index is 0.362. The van der Waals surface area contributed by atoms with Crippen LogP contribution >= 0.6 is 0 Å². The Kier molecular flexibility index (Phi) is 3.82. The van der Waals surface area contributed by atoms with Crippen molar-refractivity contribution < 1.29 is 15.1 Å². The number of aliphatic carboxylic acids is 1. The largest absolute Gasteiger partial charge is 0.476 e. The minimum atomic E-state index is -1.26. The number of hydrogen-bond acceptors (Lipinski definition) is 4. The van der Waals surface area contributed by atoms with Crippen LogP contribution in [0.2, 0.25) is 0 Å². The van der Waals surface area contributed by atoms with E-state index in [9.17, 15) is 4.79 Å². The number of carboxylic acids is 1. The first-order chi connectivity index (χ1) is 7.20. The molecule has 0 spiro atoms. The number of carbonyl (C=O) groups is 1. The predicted molar refractivity (Wildman–Crippen MR) is 55.2 cm³/mol. The Morgan fingerprint density at radius 3 is 2.60 bits per heavy atom. The van der Waals surface area contributed by atoms with E-state index in [1.807, 2.05) is 0 Å². The highest BCUT2D eigenvalue weighted by atomic mass is 16.4. The normalized spacial score (nSPS) is 11.4. The van der Waals surface area contributed by atoms with Crippen LogP contribution in [0.25, 0.3) is 0 Å². The second kappa shape index (κ2) is 5.11. The minimum Gasteiger partial charge on any atom is -0.476 e. The van der Waals surface area contributed by atoms with Crippen LogP contribution in [-0.2, 0) is 11.2 Å². The Morgan fingerprint density at radius 2 is 2.07 bits per heavy atom. The van der Waals surface area contributed by atoms with Crippen molar-refractivity contribution in [3.05, 3.63) is 35.4 Å². The molecule has 0 aliphatic carbocycles.